The third-order valence-corrected chi connectivity index (χ3v) is 7.55. The van der Waals surface area contributed by atoms with Gasteiger partial charge >= 0.3 is 0 Å². The Hall–Kier alpha value is -5.09. The lowest BCUT2D eigenvalue weighted by Gasteiger charge is -2.12. The molecule has 0 fully saturated rings. The summed E-state index contributed by atoms with van der Waals surface area (Å²) < 4.78 is 8.75. The van der Waals surface area contributed by atoms with Gasteiger partial charge in [0.2, 0.25) is 6.33 Å². The van der Waals surface area contributed by atoms with Gasteiger partial charge < -0.3 is 18.3 Å². The highest BCUT2D eigenvalue weighted by molar-refractivity contribution is 6.19. The first kappa shape index (κ1) is 21.0. The van der Waals surface area contributed by atoms with Gasteiger partial charge in [0.15, 0.2) is 0 Å². The lowest BCUT2D eigenvalue weighted by Crippen LogP contribution is -2.24. The van der Waals surface area contributed by atoms with E-state index in [1.807, 2.05) is 28.6 Å². The van der Waals surface area contributed by atoms with Crippen LogP contribution in [0, 0.1) is 6.33 Å². The molecule has 0 unspecified atom stereocenters. The minimum atomic E-state index is 1.08. The number of para-hydroxylation sites is 3. The van der Waals surface area contributed by atoms with Gasteiger partial charge in [-0.25, -0.2) is 0 Å². The molecule has 0 aliphatic rings. The molecule has 3 heterocycles. The first-order valence-electron chi connectivity index (χ1n) is 12.9. The number of hydrogen-bond donors (Lipinski definition) is 0. The molecule has 4 nitrogen and oxygen atoms in total. The second-order valence-corrected chi connectivity index (χ2v) is 9.83. The van der Waals surface area contributed by atoms with Crippen molar-refractivity contribution in [3.05, 3.63) is 134 Å². The monoisotopic (exact) mass is 488 g/mol. The van der Waals surface area contributed by atoms with Crippen molar-refractivity contribution >= 4 is 43.6 Å². The molecule has 8 aromatic rings. The summed E-state index contributed by atoms with van der Waals surface area (Å²) in [6.45, 7) is 0. The molecule has 0 N–H and O–H groups in total. The maximum Gasteiger partial charge on any atom is 0.243 e. The van der Waals surface area contributed by atoms with Crippen LogP contribution in [0.15, 0.2) is 128 Å². The average molecular weight is 489 g/mol. The Morgan fingerprint density at radius 2 is 1.08 bits per heavy atom. The van der Waals surface area contributed by atoms with Crippen LogP contribution in [-0.4, -0.2) is 13.7 Å². The van der Waals surface area contributed by atoms with Gasteiger partial charge in [0.25, 0.3) is 0 Å². The van der Waals surface area contributed by atoms with E-state index in [2.05, 4.69) is 131 Å². The number of aromatic nitrogens is 4. The van der Waals surface area contributed by atoms with Crippen LogP contribution in [0.1, 0.15) is 0 Å². The quantitative estimate of drug-likeness (QED) is 0.184. The summed E-state index contributed by atoms with van der Waals surface area (Å²) in [7, 11) is 1.99. The lowest BCUT2D eigenvalue weighted by molar-refractivity contribution is -0.674. The minimum Gasteiger partial charge on any atom is -0.326 e. The molecule has 4 heteroatoms. The molecule has 3 aromatic heterocycles. The third-order valence-electron chi connectivity index (χ3n) is 7.55. The molecule has 5 aromatic carbocycles. The van der Waals surface area contributed by atoms with E-state index in [0.717, 1.165) is 11.4 Å². The second-order valence-electron chi connectivity index (χ2n) is 9.83. The van der Waals surface area contributed by atoms with Crippen LogP contribution in [-0.2, 0) is 7.05 Å². The smallest absolute Gasteiger partial charge is 0.243 e. The molecule has 0 saturated carbocycles. The highest BCUT2D eigenvalue weighted by Crippen LogP contribution is 2.39. The number of nitrogens with zero attached hydrogens (tertiary/aromatic N) is 4. The van der Waals surface area contributed by atoms with E-state index < -0.39 is 0 Å². The summed E-state index contributed by atoms with van der Waals surface area (Å²) in [5.41, 5.74) is 8.18. The molecule has 0 bridgehead atoms. The number of benzene rings is 5. The Bertz CT molecular complexity index is 2140. The first-order chi connectivity index (χ1) is 18.8. The van der Waals surface area contributed by atoms with Gasteiger partial charge in [-0.1, -0.05) is 66.7 Å². The molecule has 0 amide bonds. The number of aryl methyl sites for hydroxylation is 1. The van der Waals surface area contributed by atoms with Crippen molar-refractivity contribution in [3.8, 4) is 17.1 Å². The zero-order valence-corrected chi connectivity index (χ0v) is 20.9. The summed E-state index contributed by atoms with van der Waals surface area (Å²) in [5.74, 6) is 0. The maximum absolute atomic E-state index is 3.32. The summed E-state index contributed by atoms with van der Waals surface area (Å²) in [4.78, 5) is 0. The predicted octanol–water partition coefficient (Wildman–Crippen LogP) is 7.30. The van der Waals surface area contributed by atoms with Crippen LogP contribution < -0.4 is 4.57 Å². The fourth-order valence-electron chi connectivity index (χ4n) is 5.89. The zero-order valence-electron chi connectivity index (χ0n) is 20.9. The van der Waals surface area contributed by atoms with Crippen molar-refractivity contribution < 1.29 is 4.57 Å². The summed E-state index contributed by atoms with van der Waals surface area (Å²) in [6.07, 6.45) is 7.37. The molecule has 0 aliphatic heterocycles. The Balaban J connectivity index is 1.50. The van der Waals surface area contributed by atoms with Gasteiger partial charge in [-0.2, -0.15) is 0 Å². The first-order valence-corrected chi connectivity index (χ1v) is 12.9. The molecule has 0 atom stereocenters. The van der Waals surface area contributed by atoms with E-state index in [0.29, 0.717) is 0 Å². The zero-order chi connectivity index (χ0) is 25.2. The largest absolute Gasteiger partial charge is 0.326 e. The second kappa shape index (κ2) is 7.95. The summed E-state index contributed by atoms with van der Waals surface area (Å²) >= 11 is 0. The van der Waals surface area contributed by atoms with E-state index in [-0.39, 0.29) is 0 Å². The Morgan fingerprint density at radius 3 is 1.74 bits per heavy atom. The molecule has 8 rings (SSSR count). The molecule has 0 saturated heterocycles. The van der Waals surface area contributed by atoms with Crippen molar-refractivity contribution in [2.75, 3.05) is 0 Å². The van der Waals surface area contributed by atoms with Gasteiger partial charge in [-0.3, -0.25) is 0 Å². The highest BCUT2D eigenvalue weighted by Gasteiger charge is 2.18. The molecule has 38 heavy (non-hydrogen) atoms. The van der Waals surface area contributed by atoms with Crippen molar-refractivity contribution in [3.63, 3.8) is 0 Å². The highest BCUT2D eigenvalue weighted by atomic mass is 15.1. The van der Waals surface area contributed by atoms with Gasteiger partial charge in [0.05, 0.1) is 34.8 Å². The van der Waals surface area contributed by atoms with E-state index >= 15 is 0 Å². The van der Waals surface area contributed by atoms with Crippen molar-refractivity contribution in [2.45, 2.75) is 0 Å². The summed E-state index contributed by atoms with van der Waals surface area (Å²) in [6, 6.07) is 41.5. The van der Waals surface area contributed by atoms with Crippen molar-refractivity contribution in [1.29, 1.82) is 0 Å². The normalized spacial score (nSPS) is 11.8. The van der Waals surface area contributed by atoms with E-state index in [1.54, 1.807) is 0 Å². The average Bonchev–Trinajstić information content (AvgIpc) is 3.64. The van der Waals surface area contributed by atoms with Crippen LogP contribution in [0.4, 0.5) is 0 Å². The number of fused-ring (bicyclic) bond motifs is 6. The topological polar surface area (TPSA) is 18.7 Å². The van der Waals surface area contributed by atoms with E-state index in [1.165, 1.54) is 49.3 Å². The van der Waals surface area contributed by atoms with Gasteiger partial charge in [-0.05, 0) is 48.5 Å². The van der Waals surface area contributed by atoms with Gasteiger partial charge in [-0.15, -0.1) is 0 Å². The third kappa shape index (κ3) is 3.01. The molecule has 180 valence electrons. The maximum atomic E-state index is 3.32. The van der Waals surface area contributed by atoms with Crippen LogP contribution in [0.25, 0.3) is 60.7 Å². The van der Waals surface area contributed by atoms with Crippen molar-refractivity contribution in [1.82, 2.24) is 13.7 Å². The SMILES string of the molecule is C[n+]1[c-]n(-c2cccc(-n3c4ccccc4c4cc5c6ccccc6n(-c6ccccc6)c5cc43)c2)cc1. The fourth-order valence-corrected chi connectivity index (χ4v) is 5.89. The Labute approximate surface area is 219 Å². The van der Waals surface area contributed by atoms with Crippen LogP contribution >= 0.6 is 0 Å². The van der Waals surface area contributed by atoms with Crippen LogP contribution in [0.3, 0.4) is 0 Å². The van der Waals surface area contributed by atoms with Gasteiger partial charge in [0, 0.05) is 45.3 Å². The van der Waals surface area contributed by atoms with Gasteiger partial charge in [0.1, 0.15) is 0 Å². The van der Waals surface area contributed by atoms with E-state index in [9.17, 15) is 0 Å². The molecule has 0 spiro atoms. The Kier molecular flexibility index (Phi) is 4.40. The summed E-state index contributed by atoms with van der Waals surface area (Å²) in [5, 5.41) is 5.05. The molecular weight excluding hydrogens is 464 g/mol. The fraction of sp³-hybridized carbons (Fsp3) is 0.0294. The molecule has 0 aliphatic carbocycles. The van der Waals surface area contributed by atoms with E-state index in [4.69, 9.17) is 0 Å². The number of imidazole rings is 1. The minimum absolute atomic E-state index is 1.08. The Morgan fingerprint density at radius 1 is 0.500 bits per heavy atom. The van der Waals surface area contributed by atoms with Crippen LogP contribution in [0.5, 0.6) is 0 Å². The number of rotatable bonds is 3. The standard InChI is InChI=1S/C34H24N4/c1-35-18-19-36(23-35)25-12-9-13-26(20-25)38-32-17-8-6-15-28(32)30-21-29-27-14-5-7-16-31(27)37(33(29)22-34(30)38)24-10-3-2-4-11-24/h2-22H,1H3. The van der Waals surface area contributed by atoms with Crippen molar-refractivity contribution in [2.24, 2.45) is 7.05 Å². The molecule has 0 radical (unpaired) electrons. The predicted molar refractivity (Wildman–Crippen MR) is 154 cm³/mol. The lowest BCUT2D eigenvalue weighted by atomic mass is 10.1. The number of hydrogen-bond acceptors (Lipinski definition) is 0. The molecular formula is C34H24N4. The van der Waals surface area contributed by atoms with Crippen LogP contribution in [0.2, 0.25) is 0 Å².